The Morgan fingerprint density at radius 2 is 1.95 bits per heavy atom. The third kappa shape index (κ3) is 4.86. The Balaban J connectivity index is 2.83. The van der Waals surface area contributed by atoms with Gasteiger partial charge in [-0.3, -0.25) is 9.59 Å². The van der Waals surface area contributed by atoms with Gasteiger partial charge in [-0.1, -0.05) is 13.8 Å². The maximum absolute atomic E-state index is 12.2. The summed E-state index contributed by atoms with van der Waals surface area (Å²) in [6.45, 7) is 4.06. The van der Waals surface area contributed by atoms with Crippen LogP contribution in [0.5, 0.6) is 0 Å². The molecule has 1 unspecified atom stereocenters. The Morgan fingerprint density at radius 3 is 2.35 bits per heavy atom. The fraction of sp³-hybridized carbons (Fsp3) is 0.538. The molecule has 1 aromatic rings. The standard InChI is InChI=1S/C13H18Br2N2O2S/c1-7(2)5-9(13(19)17(3)4)16-12(18)10-6-8(14)11(15)20-10/h6-7,9H,5H2,1-4H3,(H,16,18). The number of nitrogens with one attached hydrogen (secondary N) is 1. The van der Waals surface area contributed by atoms with Crippen molar-refractivity contribution < 1.29 is 9.59 Å². The van der Waals surface area contributed by atoms with Gasteiger partial charge in [0, 0.05) is 18.6 Å². The summed E-state index contributed by atoms with van der Waals surface area (Å²) >= 11 is 8.05. The van der Waals surface area contributed by atoms with Crippen LogP contribution in [0.25, 0.3) is 0 Å². The lowest BCUT2D eigenvalue weighted by atomic mass is 10.0. The molecule has 0 radical (unpaired) electrons. The van der Waals surface area contributed by atoms with Gasteiger partial charge in [-0.25, -0.2) is 0 Å². The molecule has 1 rings (SSSR count). The van der Waals surface area contributed by atoms with Gasteiger partial charge in [0.1, 0.15) is 6.04 Å². The number of nitrogens with zero attached hydrogens (tertiary/aromatic N) is 1. The van der Waals surface area contributed by atoms with Crippen LogP contribution in [0.3, 0.4) is 0 Å². The minimum atomic E-state index is -0.489. The summed E-state index contributed by atoms with van der Waals surface area (Å²) in [5, 5.41) is 2.82. The molecule has 1 N–H and O–H groups in total. The fourth-order valence-electron chi connectivity index (χ4n) is 1.69. The second-order valence-electron chi connectivity index (χ2n) is 5.12. The van der Waals surface area contributed by atoms with Crippen molar-refractivity contribution in [2.75, 3.05) is 14.1 Å². The number of thiophene rings is 1. The molecule has 0 bridgehead atoms. The van der Waals surface area contributed by atoms with Crippen molar-refractivity contribution in [2.24, 2.45) is 5.92 Å². The summed E-state index contributed by atoms with van der Waals surface area (Å²) in [5.74, 6) is 0.0231. The number of amides is 2. The van der Waals surface area contributed by atoms with E-state index in [1.54, 1.807) is 20.2 Å². The summed E-state index contributed by atoms with van der Waals surface area (Å²) in [4.78, 5) is 26.4. The molecule has 0 fully saturated rings. The van der Waals surface area contributed by atoms with Crippen molar-refractivity contribution in [3.05, 3.63) is 19.2 Å². The number of rotatable bonds is 5. The van der Waals surface area contributed by atoms with Crippen LogP contribution >= 0.6 is 43.2 Å². The summed E-state index contributed by atoms with van der Waals surface area (Å²) in [6.07, 6.45) is 0.621. The molecular formula is C13H18Br2N2O2S. The van der Waals surface area contributed by atoms with Crippen molar-refractivity contribution in [1.82, 2.24) is 10.2 Å². The smallest absolute Gasteiger partial charge is 0.262 e. The summed E-state index contributed by atoms with van der Waals surface area (Å²) in [5.41, 5.74) is 0. The SMILES string of the molecule is CC(C)CC(NC(=O)c1cc(Br)c(Br)s1)C(=O)N(C)C. The van der Waals surface area contributed by atoms with E-state index >= 15 is 0 Å². The molecule has 7 heteroatoms. The number of carbonyl (C=O) groups is 2. The molecule has 20 heavy (non-hydrogen) atoms. The van der Waals surface area contributed by atoms with Crippen LogP contribution in [0, 0.1) is 5.92 Å². The van der Waals surface area contributed by atoms with E-state index < -0.39 is 6.04 Å². The Kier molecular flexibility index (Phi) is 6.68. The molecule has 0 saturated heterocycles. The third-order valence-electron chi connectivity index (χ3n) is 2.62. The van der Waals surface area contributed by atoms with E-state index in [1.165, 1.54) is 16.2 Å². The Morgan fingerprint density at radius 1 is 1.35 bits per heavy atom. The monoisotopic (exact) mass is 424 g/mol. The molecule has 1 heterocycles. The predicted molar refractivity (Wildman–Crippen MR) is 89.1 cm³/mol. The highest BCUT2D eigenvalue weighted by Gasteiger charge is 2.24. The van der Waals surface area contributed by atoms with Gasteiger partial charge in [0.25, 0.3) is 5.91 Å². The van der Waals surface area contributed by atoms with Gasteiger partial charge in [0.05, 0.1) is 8.66 Å². The number of halogens is 2. The van der Waals surface area contributed by atoms with E-state index in [9.17, 15) is 9.59 Å². The largest absolute Gasteiger partial charge is 0.347 e. The highest BCUT2D eigenvalue weighted by molar-refractivity contribution is 9.13. The molecule has 0 aromatic carbocycles. The number of hydrogen-bond donors (Lipinski definition) is 1. The molecule has 4 nitrogen and oxygen atoms in total. The second-order valence-corrected chi connectivity index (χ2v) is 8.34. The minimum absolute atomic E-state index is 0.0817. The zero-order valence-corrected chi connectivity index (χ0v) is 15.9. The average molecular weight is 426 g/mol. The van der Waals surface area contributed by atoms with Crippen molar-refractivity contribution in [3.8, 4) is 0 Å². The summed E-state index contributed by atoms with van der Waals surface area (Å²) in [6, 6.07) is 1.26. The molecule has 0 saturated carbocycles. The minimum Gasteiger partial charge on any atom is -0.347 e. The normalized spacial score (nSPS) is 12.3. The molecule has 1 atom stereocenters. The van der Waals surface area contributed by atoms with Gasteiger partial charge in [-0.05, 0) is 50.3 Å². The van der Waals surface area contributed by atoms with Gasteiger partial charge in [0.15, 0.2) is 0 Å². The highest BCUT2D eigenvalue weighted by atomic mass is 79.9. The van der Waals surface area contributed by atoms with Crippen LogP contribution < -0.4 is 5.32 Å². The molecule has 2 amide bonds. The quantitative estimate of drug-likeness (QED) is 0.784. The molecule has 112 valence electrons. The van der Waals surface area contributed by atoms with Crippen molar-refractivity contribution >= 4 is 55.0 Å². The summed E-state index contributed by atoms with van der Waals surface area (Å²) in [7, 11) is 3.39. The molecule has 0 spiro atoms. The Labute approximate surface area is 140 Å². The zero-order valence-electron chi connectivity index (χ0n) is 11.9. The van der Waals surface area contributed by atoms with Crippen LogP contribution in [0.15, 0.2) is 14.3 Å². The van der Waals surface area contributed by atoms with Gasteiger partial charge >= 0.3 is 0 Å². The Hall–Kier alpha value is -0.400. The molecule has 1 aromatic heterocycles. The lowest BCUT2D eigenvalue weighted by molar-refractivity contribution is -0.131. The fourth-order valence-corrected chi connectivity index (χ4v) is 3.63. The predicted octanol–water partition coefficient (Wildman–Crippen LogP) is 3.51. The first kappa shape index (κ1) is 17.7. The number of likely N-dealkylation sites (N-methyl/N-ethyl adjacent to an activating group) is 1. The van der Waals surface area contributed by atoms with Crippen LogP contribution in [-0.2, 0) is 4.79 Å². The highest BCUT2D eigenvalue weighted by Crippen LogP contribution is 2.32. The first-order valence-corrected chi connectivity index (χ1v) is 8.59. The van der Waals surface area contributed by atoms with Gasteiger partial charge < -0.3 is 10.2 Å². The van der Waals surface area contributed by atoms with Gasteiger partial charge in [-0.2, -0.15) is 0 Å². The van der Waals surface area contributed by atoms with E-state index in [2.05, 4.69) is 37.2 Å². The van der Waals surface area contributed by atoms with E-state index in [-0.39, 0.29) is 11.8 Å². The summed E-state index contributed by atoms with van der Waals surface area (Å²) < 4.78 is 1.70. The van der Waals surface area contributed by atoms with E-state index in [4.69, 9.17) is 0 Å². The van der Waals surface area contributed by atoms with Crippen molar-refractivity contribution in [2.45, 2.75) is 26.3 Å². The van der Waals surface area contributed by atoms with E-state index in [1.807, 2.05) is 13.8 Å². The maximum Gasteiger partial charge on any atom is 0.262 e. The van der Waals surface area contributed by atoms with Crippen LogP contribution in [0.1, 0.15) is 29.9 Å². The third-order valence-corrected chi connectivity index (χ3v) is 5.88. The maximum atomic E-state index is 12.2. The van der Waals surface area contributed by atoms with Crippen LogP contribution in [-0.4, -0.2) is 36.9 Å². The molecular weight excluding hydrogens is 408 g/mol. The topological polar surface area (TPSA) is 49.4 Å². The first-order chi connectivity index (χ1) is 9.22. The Bertz CT molecular complexity index is 481. The molecule has 0 aliphatic heterocycles. The lowest BCUT2D eigenvalue weighted by Gasteiger charge is -2.22. The molecule has 0 aliphatic carbocycles. The average Bonchev–Trinajstić information content (AvgIpc) is 2.67. The van der Waals surface area contributed by atoms with E-state index in [0.717, 1.165) is 8.26 Å². The van der Waals surface area contributed by atoms with Crippen LogP contribution in [0.4, 0.5) is 0 Å². The second kappa shape index (κ2) is 7.56. The number of hydrogen-bond acceptors (Lipinski definition) is 3. The molecule has 0 aliphatic rings. The van der Waals surface area contributed by atoms with Gasteiger partial charge in [-0.15, -0.1) is 11.3 Å². The first-order valence-electron chi connectivity index (χ1n) is 6.19. The van der Waals surface area contributed by atoms with Crippen molar-refractivity contribution in [1.29, 1.82) is 0 Å². The number of carbonyl (C=O) groups excluding carboxylic acids is 2. The zero-order chi connectivity index (χ0) is 15.4. The van der Waals surface area contributed by atoms with Crippen LogP contribution in [0.2, 0.25) is 0 Å². The van der Waals surface area contributed by atoms with Gasteiger partial charge in [0.2, 0.25) is 5.91 Å². The van der Waals surface area contributed by atoms with E-state index in [0.29, 0.717) is 17.2 Å². The van der Waals surface area contributed by atoms with Crippen molar-refractivity contribution in [3.63, 3.8) is 0 Å². The lowest BCUT2D eigenvalue weighted by Crippen LogP contribution is -2.46.